The number of aryl methyl sites for hydroxylation is 1. The van der Waals surface area contributed by atoms with Crippen LogP contribution in [0.1, 0.15) is 75.8 Å². The van der Waals surface area contributed by atoms with E-state index in [-0.39, 0.29) is 0 Å². The predicted molar refractivity (Wildman–Crippen MR) is 103 cm³/mol. The molecule has 2 nitrogen and oxygen atoms in total. The van der Waals surface area contributed by atoms with Crippen LogP contribution in [0.5, 0.6) is 0 Å². The minimum atomic E-state index is 0.431. The van der Waals surface area contributed by atoms with Crippen LogP contribution in [0.3, 0.4) is 0 Å². The Morgan fingerprint density at radius 3 is 1.96 bits per heavy atom. The van der Waals surface area contributed by atoms with Crippen LogP contribution in [0.4, 0.5) is 0 Å². The third kappa shape index (κ3) is 7.61. The average Bonchev–Trinajstić information content (AvgIpc) is 2.61. The lowest BCUT2D eigenvalue weighted by molar-refractivity contribution is -0.121. The molecule has 0 amide bonds. The Kier molecular flexibility index (Phi) is 9.12. The van der Waals surface area contributed by atoms with Crippen LogP contribution < -0.4 is 0 Å². The van der Waals surface area contributed by atoms with Gasteiger partial charge in [-0.05, 0) is 30.4 Å². The number of benzene rings is 1. The van der Waals surface area contributed by atoms with Crippen molar-refractivity contribution in [3.05, 3.63) is 35.4 Å². The summed E-state index contributed by atoms with van der Waals surface area (Å²) in [6, 6.07) is 9.22. The second kappa shape index (κ2) is 11.4. The van der Waals surface area contributed by atoms with E-state index in [0.29, 0.717) is 5.78 Å². The summed E-state index contributed by atoms with van der Waals surface area (Å²) in [5, 5.41) is 0. The summed E-state index contributed by atoms with van der Waals surface area (Å²) in [5.74, 6) is 0.431. The molecule has 0 aliphatic carbocycles. The van der Waals surface area contributed by atoms with Gasteiger partial charge in [-0.3, -0.25) is 4.79 Å². The van der Waals surface area contributed by atoms with E-state index in [1.165, 1.54) is 62.5 Å². The number of piperidine rings is 1. The molecular weight excluding hydrogens is 294 g/mol. The Morgan fingerprint density at radius 2 is 1.33 bits per heavy atom. The zero-order valence-corrected chi connectivity index (χ0v) is 15.6. The number of hydrogen-bond donors (Lipinski definition) is 0. The van der Waals surface area contributed by atoms with Gasteiger partial charge in [0.15, 0.2) is 0 Å². The molecule has 0 saturated carbocycles. The quantitative estimate of drug-likeness (QED) is 0.521. The Morgan fingerprint density at radius 1 is 0.792 bits per heavy atom. The fraction of sp³-hybridized carbons (Fsp3) is 0.682. The number of unbranched alkanes of at least 4 members (excludes halogenated alkanes) is 6. The van der Waals surface area contributed by atoms with E-state index in [9.17, 15) is 4.79 Å². The molecule has 24 heavy (non-hydrogen) atoms. The largest absolute Gasteiger partial charge is 0.302 e. The van der Waals surface area contributed by atoms with Crippen LogP contribution in [-0.2, 0) is 17.6 Å². The Bertz CT molecular complexity index is 455. The fourth-order valence-corrected chi connectivity index (χ4v) is 3.47. The lowest BCUT2D eigenvalue weighted by atomic mass is 10.0. The molecule has 2 rings (SSSR count). The third-order valence-corrected chi connectivity index (χ3v) is 5.22. The highest BCUT2D eigenvalue weighted by molar-refractivity contribution is 5.79. The smallest absolute Gasteiger partial charge is 0.135 e. The van der Waals surface area contributed by atoms with Crippen LogP contribution in [0.15, 0.2) is 24.3 Å². The van der Waals surface area contributed by atoms with Gasteiger partial charge in [0, 0.05) is 32.5 Å². The number of rotatable bonds is 11. The fourth-order valence-electron chi connectivity index (χ4n) is 3.47. The highest BCUT2D eigenvalue weighted by Crippen LogP contribution is 2.13. The summed E-state index contributed by atoms with van der Waals surface area (Å²) < 4.78 is 0. The first-order valence-corrected chi connectivity index (χ1v) is 10.1. The zero-order chi connectivity index (χ0) is 17.0. The molecule has 0 atom stereocenters. The number of carbonyl (C=O) groups is 1. The van der Waals surface area contributed by atoms with E-state index < -0.39 is 0 Å². The van der Waals surface area contributed by atoms with Crippen molar-refractivity contribution in [3.63, 3.8) is 0 Å². The summed E-state index contributed by atoms with van der Waals surface area (Å²) in [4.78, 5) is 13.7. The van der Waals surface area contributed by atoms with Crippen LogP contribution in [0.2, 0.25) is 0 Å². The predicted octanol–water partition coefficient (Wildman–Crippen LogP) is 5.19. The van der Waals surface area contributed by atoms with Gasteiger partial charge >= 0.3 is 0 Å². The van der Waals surface area contributed by atoms with Gasteiger partial charge in [-0.2, -0.15) is 0 Å². The van der Waals surface area contributed by atoms with Crippen LogP contribution in [-0.4, -0.2) is 30.3 Å². The molecule has 1 fully saturated rings. The van der Waals surface area contributed by atoms with Crippen molar-refractivity contribution in [3.8, 4) is 0 Å². The lowest BCUT2D eigenvalue weighted by Gasteiger charge is -2.25. The average molecular weight is 330 g/mol. The molecular formula is C22H35NO. The monoisotopic (exact) mass is 329 g/mol. The molecule has 0 radical (unpaired) electrons. The first kappa shape index (κ1) is 19.2. The molecule has 0 N–H and O–H groups in total. The molecule has 1 saturated heterocycles. The van der Waals surface area contributed by atoms with E-state index in [2.05, 4.69) is 36.1 Å². The Hall–Kier alpha value is -1.15. The first-order chi connectivity index (χ1) is 11.8. The molecule has 1 aliphatic heterocycles. The number of ketones is 1. The normalized spacial score (nSPS) is 15.8. The molecule has 2 heteroatoms. The Balaban J connectivity index is 1.57. The topological polar surface area (TPSA) is 20.3 Å². The highest BCUT2D eigenvalue weighted by Gasteiger charge is 2.15. The molecule has 1 aliphatic rings. The van der Waals surface area contributed by atoms with Gasteiger partial charge < -0.3 is 4.90 Å². The summed E-state index contributed by atoms with van der Waals surface area (Å²) in [6.07, 6.45) is 13.5. The van der Waals surface area contributed by atoms with E-state index in [1.807, 2.05) is 0 Å². The number of Topliss-reactive ketones (excluding diaryl/α,β-unsaturated/α-hetero) is 1. The van der Waals surface area contributed by atoms with Gasteiger partial charge in [0.2, 0.25) is 0 Å². The van der Waals surface area contributed by atoms with Crippen LogP contribution >= 0.6 is 0 Å². The molecule has 1 heterocycles. The summed E-state index contributed by atoms with van der Waals surface area (Å²) in [7, 11) is 0. The van der Waals surface area contributed by atoms with Gasteiger partial charge in [-0.25, -0.2) is 0 Å². The number of hydrogen-bond acceptors (Lipinski definition) is 2. The van der Waals surface area contributed by atoms with Gasteiger partial charge in [0.05, 0.1) is 0 Å². The second-order valence-corrected chi connectivity index (χ2v) is 7.32. The summed E-state index contributed by atoms with van der Waals surface area (Å²) in [6.45, 7) is 5.27. The summed E-state index contributed by atoms with van der Waals surface area (Å²) in [5.41, 5.74) is 2.91. The third-order valence-electron chi connectivity index (χ3n) is 5.22. The lowest BCUT2D eigenvalue weighted by Crippen LogP contribution is -2.35. The molecule has 0 aromatic heterocycles. The van der Waals surface area contributed by atoms with Crippen molar-refractivity contribution in [2.24, 2.45) is 0 Å². The van der Waals surface area contributed by atoms with E-state index in [1.54, 1.807) is 0 Å². The van der Waals surface area contributed by atoms with E-state index in [4.69, 9.17) is 0 Å². The molecule has 0 spiro atoms. The Labute approximate surface area is 148 Å². The maximum atomic E-state index is 11.3. The van der Waals surface area contributed by atoms with E-state index >= 15 is 0 Å². The van der Waals surface area contributed by atoms with Crippen molar-refractivity contribution in [2.45, 2.75) is 77.6 Å². The van der Waals surface area contributed by atoms with Crippen molar-refractivity contribution >= 4 is 5.78 Å². The van der Waals surface area contributed by atoms with E-state index in [0.717, 1.165) is 38.9 Å². The SMILES string of the molecule is CCCCCCCCCc1ccc(CCN2CCC(=O)CC2)cc1. The standard InChI is InChI=1S/C22H35NO/c1-2-3-4-5-6-7-8-9-20-10-12-21(13-11-20)14-17-23-18-15-22(24)16-19-23/h10-13H,2-9,14-19H2,1H3. The number of likely N-dealkylation sites (tertiary alicyclic amines) is 1. The molecule has 1 aromatic rings. The van der Waals surface area contributed by atoms with Crippen molar-refractivity contribution in [2.75, 3.05) is 19.6 Å². The molecule has 1 aromatic carbocycles. The molecule has 0 unspecified atom stereocenters. The zero-order valence-electron chi connectivity index (χ0n) is 15.6. The van der Waals surface area contributed by atoms with Gasteiger partial charge in [-0.15, -0.1) is 0 Å². The van der Waals surface area contributed by atoms with Crippen molar-refractivity contribution in [1.82, 2.24) is 4.90 Å². The van der Waals surface area contributed by atoms with Gasteiger partial charge in [-0.1, -0.05) is 69.7 Å². The van der Waals surface area contributed by atoms with Crippen molar-refractivity contribution in [1.29, 1.82) is 0 Å². The van der Waals surface area contributed by atoms with Crippen molar-refractivity contribution < 1.29 is 4.79 Å². The minimum absolute atomic E-state index is 0.431. The molecule has 134 valence electrons. The number of carbonyl (C=O) groups excluding carboxylic acids is 1. The summed E-state index contributed by atoms with van der Waals surface area (Å²) >= 11 is 0. The van der Waals surface area contributed by atoms with Crippen LogP contribution in [0.25, 0.3) is 0 Å². The maximum absolute atomic E-state index is 11.3. The second-order valence-electron chi connectivity index (χ2n) is 7.32. The highest BCUT2D eigenvalue weighted by atomic mass is 16.1. The molecule has 0 bridgehead atoms. The maximum Gasteiger partial charge on any atom is 0.135 e. The minimum Gasteiger partial charge on any atom is -0.302 e. The number of nitrogens with zero attached hydrogens (tertiary/aromatic N) is 1. The van der Waals surface area contributed by atoms with Gasteiger partial charge in [0.25, 0.3) is 0 Å². The first-order valence-electron chi connectivity index (χ1n) is 10.1. The van der Waals surface area contributed by atoms with Gasteiger partial charge in [0.1, 0.15) is 5.78 Å². The van der Waals surface area contributed by atoms with Crippen LogP contribution in [0, 0.1) is 0 Å².